The molecule has 2 aliphatic heterocycles. The molecule has 1 fully saturated rings. The van der Waals surface area contributed by atoms with Gasteiger partial charge in [-0.3, -0.25) is 9.35 Å². The van der Waals surface area contributed by atoms with Crippen LogP contribution in [-0.4, -0.2) is 70.7 Å². The molecule has 0 aliphatic carbocycles. The highest BCUT2D eigenvalue weighted by molar-refractivity contribution is 7.85. The van der Waals surface area contributed by atoms with Crippen LogP contribution in [0.5, 0.6) is 5.75 Å². The summed E-state index contributed by atoms with van der Waals surface area (Å²) in [6.45, 7) is 1.94. The van der Waals surface area contributed by atoms with E-state index in [1.54, 1.807) is 52.4 Å². The van der Waals surface area contributed by atoms with Gasteiger partial charge in [0.2, 0.25) is 5.88 Å². The van der Waals surface area contributed by atoms with E-state index in [-0.39, 0.29) is 42.8 Å². The third kappa shape index (κ3) is 6.20. The fourth-order valence-electron chi connectivity index (χ4n) is 3.95. The molecule has 37 heavy (non-hydrogen) atoms. The van der Waals surface area contributed by atoms with E-state index in [0.717, 1.165) is 0 Å². The van der Waals surface area contributed by atoms with Crippen LogP contribution < -0.4 is 14.5 Å². The van der Waals surface area contributed by atoms with Gasteiger partial charge in [0.05, 0.1) is 18.0 Å². The van der Waals surface area contributed by atoms with Gasteiger partial charge < -0.3 is 24.4 Å². The summed E-state index contributed by atoms with van der Waals surface area (Å²) in [7, 11) is -4.11. The van der Waals surface area contributed by atoms with Gasteiger partial charge in [0.1, 0.15) is 5.82 Å². The second-order valence-electron chi connectivity index (χ2n) is 8.25. The van der Waals surface area contributed by atoms with Crippen molar-refractivity contribution in [1.29, 1.82) is 0 Å². The van der Waals surface area contributed by atoms with E-state index in [1.165, 1.54) is 11.8 Å². The summed E-state index contributed by atoms with van der Waals surface area (Å²) >= 11 is 11.9. The molecule has 0 bridgehead atoms. The summed E-state index contributed by atoms with van der Waals surface area (Å²) in [5, 5.41) is 10.1. The number of pyridine rings is 1. The molecule has 2 N–H and O–H groups in total. The highest BCUT2D eigenvalue weighted by Crippen LogP contribution is 2.43. The molecule has 2 aromatic rings. The lowest BCUT2D eigenvalue weighted by molar-refractivity contribution is -0.114. The number of hydrogen-bond donors (Lipinski definition) is 2. The van der Waals surface area contributed by atoms with Gasteiger partial charge in [-0.15, -0.1) is 0 Å². The average Bonchev–Trinajstić information content (AvgIpc) is 3.29. The molecule has 1 aromatic heterocycles. The molecule has 0 spiro atoms. The SMILES string of the molecule is CC(O)OCCN1C(=S)N(c2ccccn2)C(=O)C1=C1Oc2ccc(Cl)cc2N1CCCCS(=O)(=O)O. The molecule has 1 unspecified atom stereocenters. The Morgan fingerprint density at radius 2 is 1.97 bits per heavy atom. The highest BCUT2D eigenvalue weighted by atomic mass is 35.5. The van der Waals surface area contributed by atoms with E-state index in [9.17, 15) is 18.3 Å². The second-order valence-corrected chi connectivity index (χ2v) is 10.6. The maximum Gasteiger partial charge on any atom is 0.288 e. The van der Waals surface area contributed by atoms with Crippen LogP contribution in [-0.2, 0) is 19.6 Å². The monoisotopic (exact) mass is 568 g/mol. The molecule has 0 radical (unpaired) electrons. The van der Waals surface area contributed by atoms with Crippen LogP contribution in [0.1, 0.15) is 19.8 Å². The number of amides is 1. The minimum atomic E-state index is -4.11. The van der Waals surface area contributed by atoms with Crippen molar-refractivity contribution in [3.05, 3.63) is 59.2 Å². The van der Waals surface area contributed by atoms with Crippen LogP contribution in [0.15, 0.2) is 54.2 Å². The molecular weight excluding hydrogens is 544 g/mol. The predicted molar refractivity (Wildman–Crippen MR) is 141 cm³/mol. The average molecular weight is 569 g/mol. The Hall–Kier alpha value is -2.81. The van der Waals surface area contributed by atoms with E-state index in [2.05, 4.69) is 4.98 Å². The number of halogens is 1. The fraction of sp³-hybridized carbons (Fsp3) is 0.348. The molecule has 198 valence electrons. The number of aliphatic hydroxyl groups is 1. The maximum atomic E-state index is 13.8. The van der Waals surface area contributed by atoms with E-state index in [0.29, 0.717) is 28.7 Å². The first-order valence-electron chi connectivity index (χ1n) is 11.4. The highest BCUT2D eigenvalue weighted by Gasteiger charge is 2.45. The van der Waals surface area contributed by atoms with Gasteiger partial charge in [-0.2, -0.15) is 8.42 Å². The zero-order valence-corrected chi connectivity index (χ0v) is 22.2. The first-order chi connectivity index (χ1) is 17.6. The van der Waals surface area contributed by atoms with Crippen LogP contribution in [0.2, 0.25) is 5.02 Å². The molecule has 1 atom stereocenters. The van der Waals surface area contributed by atoms with Gasteiger partial charge in [-0.25, -0.2) is 9.88 Å². The molecule has 1 saturated heterocycles. The second kappa shape index (κ2) is 11.3. The van der Waals surface area contributed by atoms with E-state index in [1.807, 2.05) is 0 Å². The number of carbonyl (C=O) groups excluding carboxylic acids is 1. The summed E-state index contributed by atoms with van der Waals surface area (Å²) in [6, 6.07) is 10.1. The number of thiocarbonyl (C=S) groups is 1. The van der Waals surface area contributed by atoms with Gasteiger partial charge >= 0.3 is 0 Å². The number of fused-ring (bicyclic) bond motifs is 1. The number of aromatic nitrogens is 1. The lowest BCUT2D eigenvalue weighted by Gasteiger charge is -2.24. The van der Waals surface area contributed by atoms with Crippen molar-refractivity contribution in [2.75, 3.05) is 35.2 Å². The number of hydrogen-bond acceptors (Lipinski definition) is 9. The zero-order chi connectivity index (χ0) is 26.7. The largest absolute Gasteiger partial charge is 0.436 e. The number of nitrogens with zero attached hydrogens (tertiary/aromatic N) is 4. The van der Waals surface area contributed by atoms with E-state index in [4.69, 9.17) is 37.8 Å². The van der Waals surface area contributed by atoms with Crippen molar-refractivity contribution in [2.24, 2.45) is 0 Å². The van der Waals surface area contributed by atoms with Crippen molar-refractivity contribution in [1.82, 2.24) is 9.88 Å². The molecule has 11 nitrogen and oxygen atoms in total. The number of benzene rings is 1. The van der Waals surface area contributed by atoms with Crippen molar-refractivity contribution >= 4 is 56.5 Å². The summed E-state index contributed by atoms with van der Waals surface area (Å²) in [5.74, 6) is 0.101. The third-order valence-corrected chi connectivity index (χ3v) is 6.99. The van der Waals surface area contributed by atoms with Crippen LogP contribution in [0.3, 0.4) is 0 Å². The smallest absolute Gasteiger partial charge is 0.288 e. The Kier molecular flexibility index (Phi) is 8.31. The Balaban J connectivity index is 1.74. The van der Waals surface area contributed by atoms with E-state index >= 15 is 0 Å². The van der Waals surface area contributed by atoms with Crippen LogP contribution in [0.25, 0.3) is 0 Å². The van der Waals surface area contributed by atoms with Crippen LogP contribution >= 0.6 is 23.8 Å². The zero-order valence-electron chi connectivity index (χ0n) is 19.8. The Morgan fingerprint density at radius 1 is 1.19 bits per heavy atom. The normalized spacial score (nSPS) is 18.4. The molecule has 4 rings (SSSR count). The molecule has 2 aliphatic rings. The van der Waals surface area contributed by atoms with Crippen molar-refractivity contribution in [2.45, 2.75) is 26.1 Å². The van der Waals surface area contributed by atoms with Crippen LogP contribution in [0.4, 0.5) is 11.5 Å². The van der Waals surface area contributed by atoms with Crippen molar-refractivity contribution in [3.8, 4) is 5.75 Å². The molecule has 1 aromatic carbocycles. The van der Waals surface area contributed by atoms with Gasteiger partial charge in [0, 0.05) is 24.3 Å². The summed E-state index contributed by atoms with van der Waals surface area (Å²) < 4.78 is 42.8. The quantitative estimate of drug-likeness (QED) is 0.144. The number of unbranched alkanes of at least 4 members (excludes halogenated alkanes) is 1. The number of ether oxygens (including phenoxy) is 2. The van der Waals surface area contributed by atoms with Gasteiger partial charge in [-0.1, -0.05) is 17.7 Å². The minimum Gasteiger partial charge on any atom is -0.436 e. The minimum absolute atomic E-state index is 0.0606. The number of rotatable bonds is 10. The molecular formula is C23H25ClN4O7S2. The van der Waals surface area contributed by atoms with Gasteiger partial charge in [-0.05, 0) is 62.3 Å². The molecule has 1 amide bonds. The Bertz CT molecular complexity index is 1320. The Labute approximate surface area is 224 Å². The predicted octanol–water partition coefficient (Wildman–Crippen LogP) is 2.76. The first-order valence-corrected chi connectivity index (χ1v) is 13.8. The topological polar surface area (TPSA) is 133 Å². The van der Waals surface area contributed by atoms with Crippen LogP contribution in [0, 0.1) is 0 Å². The lowest BCUT2D eigenvalue weighted by Crippen LogP contribution is -2.35. The summed E-state index contributed by atoms with van der Waals surface area (Å²) in [6.07, 6.45) is 1.08. The van der Waals surface area contributed by atoms with Gasteiger partial charge in [0.15, 0.2) is 22.8 Å². The standard InChI is InChI=1S/C23H25ClN4O7S2/c1-15(29)34-12-11-27-20(21(30)28(23(27)36)19-6-2-3-9-25-19)22-26(10-4-5-13-37(31,32)33)17-14-16(24)7-8-18(17)35-22/h2-3,6-9,14-15,29H,4-5,10-13H2,1H3,(H,31,32,33). The van der Waals surface area contributed by atoms with Crippen molar-refractivity contribution in [3.63, 3.8) is 0 Å². The maximum absolute atomic E-state index is 13.8. The third-order valence-electron chi connectivity index (χ3n) is 5.55. The fourth-order valence-corrected chi connectivity index (χ4v) is 5.04. The van der Waals surface area contributed by atoms with E-state index < -0.39 is 28.1 Å². The molecule has 3 heterocycles. The van der Waals surface area contributed by atoms with Gasteiger partial charge in [0.25, 0.3) is 16.0 Å². The summed E-state index contributed by atoms with van der Waals surface area (Å²) in [4.78, 5) is 22.6. The number of carbonyl (C=O) groups is 1. The summed E-state index contributed by atoms with van der Waals surface area (Å²) in [5.41, 5.74) is 0.726. The Morgan fingerprint density at radius 3 is 2.65 bits per heavy atom. The lowest BCUT2D eigenvalue weighted by atomic mass is 10.2. The number of anilines is 2. The van der Waals surface area contributed by atoms with Crippen molar-refractivity contribution < 1.29 is 32.3 Å². The number of aliphatic hydroxyl groups excluding tert-OH is 1. The first kappa shape index (κ1) is 27.2. The molecule has 0 saturated carbocycles. The molecule has 14 heteroatoms.